The topological polar surface area (TPSA) is 98.7 Å². The molecule has 2 aliphatic rings. The summed E-state index contributed by atoms with van der Waals surface area (Å²) in [5, 5.41) is 17.7. The van der Waals surface area contributed by atoms with E-state index in [4.69, 9.17) is 0 Å². The zero-order valence-corrected chi connectivity index (χ0v) is 16.1. The van der Waals surface area contributed by atoms with E-state index in [1.807, 2.05) is 17.5 Å². The molecule has 1 unspecified atom stereocenters. The molecule has 1 saturated heterocycles. The number of amides is 2. The molecule has 0 aliphatic carbocycles. The molecule has 26 heavy (non-hydrogen) atoms. The van der Waals surface area contributed by atoms with Crippen LogP contribution in [-0.2, 0) is 14.4 Å². The third-order valence-electron chi connectivity index (χ3n) is 4.24. The van der Waals surface area contributed by atoms with Gasteiger partial charge in [-0.15, -0.1) is 34.4 Å². The molecular weight excluding hydrogens is 394 g/mol. The Bertz CT molecular complexity index is 919. The van der Waals surface area contributed by atoms with Crippen LogP contribution in [0.5, 0.6) is 0 Å². The Morgan fingerprint density at radius 2 is 2.19 bits per heavy atom. The molecule has 2 aromatic rings. The molecule has 2 amide bonds. The number of nitrogens with zero attached hydrogens (tertiary/aromatic N) is 1. The van der Waals surface area contributed by atoms with Crippen molar-refractivity contribution < 1.29 is 19.5 Å². The van der Waals surface area contributed by atoms with Crippen LogP contribution < -0.4 is 10.6 Å². The van der Waals surface area contributed by atoms with Gasteiger partial charge in [0.2, 0.25) is 5.91 Å². The van der Waals surface area contributed by atoms with Crippen LogP contribution in [0.4, 0.5) is 5.00 Å². The fourth-order valence-electron chi connectivity index (χ4n) is 3.02. The lowest BCUT2D eigenvalue weighted by Gasteiger charge is -2.49. The number of rotatable bonds is 5. The smallest absolute Gasteiger partial charge is 0.352 e. The van der Waals surface area contributed by atoms with Gasteiger partial charge in [0.15, 0.2) is 0 Å². The molecular formula is C16H15N3O4S3. The molecule has 2 atom stereocenters. The Balaban J connectivity index is 1.36. The van der Waals surface area contributed by atoms with Gasteiger partial charge in [-0.25, -0.2) is 4.79 Å². The number of β-lactam (4-membered cyclic amide) rings is 1. The molecule has 4 rings (SSSR count). The Hall–Kier alpha value is -2.04. The predicted octanol–water partition coefficient (Wildman–Crippen LogP) is 2.13. The average Bonchev–Trinajstić information content (AvgIpc) is 3.18. The number of thioether (sulfide) groups is 1. The molecule has 0 bridgehead atoms. The van der Waals surface area contributed by atoms with Crippen molar-refractivity contribution in [3.05, 3.63) is 28.8 Å². The van der Waals surface area contributed by atoms with Crippen LogP contribution in [-0.4, -0.2) is 51.5 Å². The average molecular weight is 410 g/mol. The highest BCUT2D eigenvalue weighted by molar-refractivity contribution is 8.00. The summed E-state index contributed by atoms with van der Waals surface area (Å²) < 4.78 is 2.34. The van der Waals surface area contributed by atoms with Gasteiger partial charge in [-0.1, -0.05) is 0 Å². The first kappa shape index (κ1) is 17.4. The van der Waals surface area contributed by atoms with Crippen LogP contribution >= 0.6 is 34.4 Å². The second-order valence-electron chi connectivity index (χ2n) is 6.00. The summed E-state index contributed by atoms with van der Waals surface area (Å²) in [4.78, 5) is 37.2. The number of nitrogens with one attached hydrogen (secondary N) is 2. The second-order valence-corrected chi connectivity index (χ2v) is 9.14. The summed E-state index contributed by atoms with van der Waals surface area (Å²) in [5.41, 5.74) is 0.706. The highest BCUT2D eigenvalue weighted by Crippen LogP contribution is 2.40. The zero-order valence-electron chi connectivity index (χ0n) is 13.6. The lowest BCUT2D eigenvalue weighted by Crippen LogP contribution is -2.70. The molecule has 10 heteroatoms. The van der Waals surface area contributed by atoms with Gasteiger partial charge in [-0.05, 0) is 30.0 Å². The third-order valence-corrected chi connectivity index (χ3v) is 7.72. The Labute approximate surface area is 161 Å². The predicted molar refractivity (Wildman–Crippen MR) is 104 cm³/mol. The maximum absolute atomic E-state index is 12.3. The Morgan fingerprint density at radius 3 is 2.92 bits per heavy atom. The van der Waals surface area contributed by atoms with Crippen LogP contribution in [0.25, 0.3) is 9.40 Å². The molecule has 2 aromatic heterocycles. The summed E-state index contributed by atoms with van der Waals surface area (Å²) >= 11 is 4.69. The van der Waals surface area contributed by atoms with Gasteiger partial charge < -0.3 is 15.7 Å². The maximum atomic E-state index is 12.3. The number of carbonyl (C=O) groups excluding carboxylic acids is 2. The van der Waals surface area contributed by atoms with Gasteiger partial charge in [-0.2, -0.15) is 0 Å². The molecule has 0 spiro atoms. The van der Waals surface area contributed by atoms with Crippen molar-refractivity contribution in [2.24, 2.45) is 0 Å². The molecule has 1 fully saturated rings. The number of carbonyl (C=O) groups is 3. The quantitative estimate of drug-likeness (QED) is 0.655. The normalized spacial score (nSPS) is 22.2. The van der Waals surface area contributed by atoms with Crippen molar-refractivity contribution in [3.8, 4) is 0 Å². The number of carboxylic acid groups (broad SMARTS) is 1. The van der Waals surface area contributed by atoms with Crippen molar-refractivity contribution in [2.45, 2.75) is 18.3 Å². The van der Waals surface area contributed by atoms with Gasteiger partial charge in [-0.3, -0.25) is 14.5 Å². The second kappa shape index (κ2) is 6.60. The SMILES string of the molecule is CC1=C(C(=O)O)N2C(=O)C(NC(=O)CNc3cc4sccc4s3)[C@@H]2SC1. The van der Waals surface area contributed by atoms with E-state index in [-0.39, 0.29) is 29.4 Å². The van der Waals surface area contributed by atoms with Crippen molar-refractivity contribution in [1.82, 2.24) is 10.2 Å². The maximum Gasteiger partial charge on any atom is 0.352 e. The molecule has 0 aromatic carbocycles. The van der Waals surface area contributed by atoms with E-state index in [0.717, 1.165) is 5.00 Å². The molecule has 2 aliphatic heterocycles. The van der Waals surface area contributed by atoms with E-state index in [0.29, 0.717) is 11.3 Å². The van der Waals surface area contributed by atoms with Crippen LogP contribution in [0.1, 0.15) is 6.92 Å². The van der Waals surface area contributed by atoms with Gasteiger partial charge >= 0.3 is 5.97 Å². The number of hydrogen-bond acceptors (Lipinski definition) is 7. The monoisotopic (exact) mass is 409 g/mol. The summed E-state index contributed by atoms with van der Waals surface area (Å²) in [6.07, 6.45) is 0. The van der Waals surface area contributed by atoms with Gasteiger partial charge in [0.1, 0.15) is 17.1 Å². The standard InChI is InChI=1S/C16H15N3O4S3/c1-7-6-25-15-12(14(21)19(15)13(7)16(22)23)18-10(20)5-17-11-4-9-8(26-11)2-3-24-9/h2-4,12,15,17H,5-6H2,1H3,(H,18,20)(H,22,23)/t12?,15-/m0/s1. The summed E-state index contributed by atoms with van der Waals surface area (Å²) in [5.74, 6) is -1.23. The first-order chi connectivity index (χ1) is 12.5. The number of hydrogen-bond donors (Lipinski definition) is 3. The summed E-state index contributed by atoms with van der Waals surface area (Å²) in [6.45, 7) is 1.78. The fraction of sp³-hybridized carbons (Fsp3) is 0.312. The minimum absolute atomic E-state index is 0.0426. The van der Waals surface area contributed by atoms with Gasteiger partial charge in [0, 0.05) is 15.2 Å². The van der Waals surface area contributed by atoms with E-state index in [1.54, 1.807) is 29.6 Å². The van der Waals surface area contributed by atoms with Crippen molar-refractivity contribution in [1.29, 1.82) is 0 Å². The molecule has 7 nitrogen and oxygen atoms in total. The number of thiophene rings is 2. The molecule has 0 saturated carbocycles. The van der Waals surface area contributed by atoms with Crippen molar-refractivity contribution in [2.75, 3.05) is 17.6 Å². The van der Waals surface area contributed by atoms with Gasteiger partial charge in [0.25, 0.3) is 5.91 Å². The van der Waals surface area contributed by atoms with Crippen molar-refractivity contribution in [3.63, 3.8) is 0 Å². The highest BCUT2D eigenvalue weighted by atomic mass is 32.2. The van der Waals surface area contributed by atoms with Crippen LogP contribution in [0.3, 0.4) is 0 Å². The third kappa shape index (κ3) is 2.87. The van der Waals surface area contributed by atoms with E-state index < -0.39 is 12.0 Å². The van der Waals surface area contributed by atoms with Crippen molar-refractivity contribution >= 4 is 66.6 Å². The first-order valence-electron chi connectivity index (χ1n) is 7.83. The fourth-order valence-corrected chi connectivity index (χ4v) is 6.32. The van der Waals surface area contributed by atoms with E-state index in [2.05, 4.69) is 10.6 Å². The number of carboxylic acids is 1. The number of aliphatic carboxylic acids is 1. The lowest BCUT2D eigenvalue weighted by atomic mass is 10.0. The Morgan fingerprint density at radius 1 is 1.38 bits per heavy atom. The molecule has 4 heterocycles. The summed E-state index contributed by atoms with van der Waals surface area (Å²) in [6, 6.07) is 3.36. The minimum Gasteiger partial charge on any atom is -0.477 e. The largest absolute Gasteiger partial charge is 0.477 e. The molecule has 136 valence electrons. The highest BCUT2D eigenvalue weighted by Gasteiger charge is 2.53. The minimum atomic E-state index is -1.11. The zero-order chi connectivity index (χ0) is 18.4. The lowest BCUT2D eigenvalue weighted by molar-refractivity contribution is -0.150. The van der Waals surface area contributed by atoms with E-state index >= 15 is 0 Å². The number of fused-ring (bicyclic) bond motifs is 2. The van der Waals surface area contributed by atoms with Crippen LogP contribution in [0.2, 0.25) is 0 Å². The van der Waals surface area contributed by atoms with E-state index in [1.165, 1.54) is 26.1 Å². The van der Waals surface area contributed by atoms with E-state index in [9.17, 15) is 19.5 Å². The molecule has 0 radical (unpaired) electrons. The summed E-state index contributed by atoms with van der Waals surface area (Å²) in [7, 11) is 0. The van der Waals surface area contributed by atoms with Crippen LogP contribution in [0, 0.1) is 0 Å². The number of anilines is 1. The Kier molecular flexibility index (Phi) is 4.41. The van der Waals surface area contributed by atoms with Gasteiger partial charge in [0.05, 0.1) is 11.5 Å². The first-order valence-corrected chi connectivity index (χ1v) is 10.6. The van der Waals surface area contributed by atoms with Crippen LogP contribution in [0.15, 0.2) is 28.8 Å². The molecule has 3 N–H and O–H groups in total.